The predicted octanol–water partition coefficient (Wildman–Crippen LogP) is 1.83. The van der Waals surface area contributed by atoms with E-state index in [0.29, 0.717) is 38.5 Å². The van der Waals surface area contributed by atoms with Gasteiger partial charge in [-0.15, -0.1) is 0 Å². The Morgan fingerprint density at radius 3 is 2.62 bits per heavy atom. The molecule has 5 nitrogen and oxygen atoms in total. The van der Waals surface area contributed by atoms with Crippen molar-refractivity contribution in [2.45, 2.75) is 32.1 Å². The summed E-state index contributed by atoms with van der Waals surface area (Å²) in [6.45, 7) is 6.28. The first kappa shape index (κ1) is 19.3. The van der Waals surface area contributed by atoms with Crippen molar-refractivity contribution in [3.05, 3.63) is 35.6 Å². The summed E-state index contributed by atoms with van der Waals surface area (Å²) in [4.78, 5) is 14.7. The number of carbonyl (C=O) groups is 1. The fraction of sp³-hybridized carbons (Fsp3) is 0.632. The summed E-state index contributed by atoms with van der Waals surface area (Å²) in [5.74, 6) is -0.277. The molecule has 2 saturated heterocycles. The van der Waals surface area contributed by atoms with Gasteiger partial charge in [-0.2, -0.15) is 0 Å². The molecule has 3 rings (SSSR count). The minimum Gasteiger partial charge on any atom is -0.356 e. The molecule has 0 saturated carbocycles. The van der Waals surface area contributed by atoms with E-state index in [9.17, 15) is 17.6 Å². The Labute approximate surface area is 154 Å². The molecule has 26 heavy (non-hydrogen) atoms. The van der Waals surface area contributed by atoms with Gasteiger partial charge in [0, 0.05) is 38.0 Å². The average molecular weight is 383 g/mol. The van der Waals surface area contributed by atoms with Crippen LogP contribution in [0, 0.1) is 23.6 Å². The van der Waals surface area contributed by atoms with Gasteiger partial charge in [0.2, 0.25) is 5.91 Å². The first-order valence-corrected chi connectivity index (χ1v) is 10.9. The summed E-state index contributed by atoms with van der Waals surface area (Å²) in [6.07, 6.45) is 0.401. The van der Waals surface area contributed by atoms with Gasteiger partial charge in [-0.25, -0.2) is 12.8 Å². The van der Waals surface area contributed by atoms with E-state index in [2.05, 4.69) is 10.2 Å². The number of hydrogen-bond acceptors (Lipinski definition) is 4. The van der Waals surface area contributed by atoms with Crippen LogP contribution in [0.2, 0.25) is 0 Å². The lowest BCUT2D eigenvalue weighted by Crippen LogP contribution is -2.47. The van der Waals surface area contributed by atoms with Gasteiger partial charge in [0.15, 0.2) is 9.84 Å². The molecular weight excluding hydrogens is 355 g/mol. The summed E-state index contributed by atoms with van der Waals surface area (Å²) >= 11 is 0. The second-order valence-electron chi connectivity index (χ2n) is 7.92. The van der Waals surface area contributed by atoms with E-state index < -0.39 is 15.1 Å². The van der Waals surface area contributed by atoms with Gasteiger partial charge in [-0.05, 0) is 30.0 Å². The van der Waals surface area contributed by atoms with E-state index in [1.165, 1.54) is 12.1 Å². The molecule has 0 aromatic heterocycles. The SMILES string of the molecule is CC(C)CNC(=O)[C@@H]1CCS(=O)(=O)[C@H]2CN(Cc3ccc(F)cc3)C[C@@H]12. The van der Waals surface area contributed by atoms with Crippen molar-refractivity contribution in [1.82, 2.24) is 10.2 Å². The zero-order valence-electron chi connectivity index (χ0n) is 15.3. The Morgan fingerprint density at radius 1 is 1.27 bits per heavy atom. The molecule has 0 unspecified atom stereocenters. The van der Waals surface area contributed by atoms with Gasteiger partial charge in [0.25, 0.3) is 0 Å². The number of benzene rings is 1. The molecule has 1 aromatic rings. The molecule has 2 aliphatic heterocycles. The standard InChI is InChI=1S/C19H27FN2O3S/c1-13(2)9-21-19(23)16-7-8-26(24,25)18-12-22(11-17(16)18)10-14-3-5-15(20)6-4-14/h3-6,13,16-18H,7-12H2,1-2H3,(H,21,23)/t16-,17+,18+/m1/s1. The summed E-state index contributed by atoms with van der Waals surface area (Å²) in [5, 5.41) is 2.49. The van der Waals surface area contributed by atoms with Crippen LogP contribution in [0.3, 0.4) is 0 Å². The highest BCUT2D eigenvalue weighted by Gasteiger charge is 2.50. The highest BCUT2D eigenvalue weighted by atomic mass is 32.2. The topological polar surface area (TPSA) is 66.5 Å². The molecule has 0 bridgehead atoms. The Bertz CT molecular complexity index is 749. The number of likely N-dealkylation sites (tertiary alicyclic amines) is 1. The number of rotatable bonds is 5. The molecule has 1 amide bonds. The van der Waals surface area contributed by atoms with Gasteiger partial charge >= 0.3 is 0 Å². The number of amides is 1. The predicted molar refractivity (Wildman–Crippen MR) is 98.7 cm³/mol. The Morgan fingerprint density at radius 2 is 1.96 bits per heavy atom. The molecule has 0 radical (unpaired) electrons. The van der Waals surface area contributed by atoms with Crippen LogP contribution < -0.4 is 5.32 Å². The molecule has 2 aliphatic rings. The lowest BCUT2D eigenvalue weighted by Gasteiger charge is -2.32. The fourth-order valence-electron chi connectivity index (χ4n) is 4.04. The number of halogens is 1. The molecular formula is C19H27FN2O3S. The van der Waals surface area contributed by atoms with Crippen LogP contribution in [0.5, 0.6) is 0 Å². The maximum absolute atomic E-state index is 13.1. The first-order chi connectivity index (χ1) is 12.3. The second kappa shape index (κ2) is 7.64. The van der Waals surface area contributed by atoms with Gasteiger partial charge in [-0.3, -0.25) is 9.69 Å². The zero-order valence-corrected chi connectivity index (χ0v) is 16.1. The zero-order chi connectivity index (χ0) is 18.9. The third kappa shape index (κ3) is 4.26. The van der Waals surface area contributed by atoms with E-state index >= 15 is 0 Å². The van der Waals surface area contributed by atoms with Crippen molar-refractivity contribution in [2.75, 3.05) is 25.4 Å². The van der Waals surface area contributed by atoms with Crippen LogP contribution in [0.25, 0.3) is 0 Å². The molecule has 7 heteroatoms. The van der Waals surface area contributed by atoms with Gasteiger partial charge in [-0.1, -0.05) is 26.0 Å². The van der Waals surface area contributed by atoms with E-state index in [1.807, 2.05) is 13.8 Å². The van der Waals surface area contributed by atoms with Crippen molar-refractivity contribution >= 4 is 15.7 Å². The van der Waals surface area contributed by atoms with Gasteiger partial charge < -0.3 is 5.32 Å². The summed E-state index contributed by atoms with van der Waals surface area (Å²) < 4.78 is 38.1. The lowest BCUT2D eigenvalue weighted by atomic mass is 9.87. The monoisotopic (exact) mass is 382 g/mol. The van der Waals surface area contributed by atoms with Crippen molar-refractivity contribution in [3.63, 3.8) is 0 Å². The Balaban J connectivity index is 1.71. The normalized spacial score (nSPS) is 28.1. The number of hydrogen-bond donors (Lipinski definition) is 1. The van der Waals surface area contributed by atoms with Gasteiger partial charge in [0.05, 0.1) is 11.0 Å². The highest BCUT2D eigenvalue weighted by Crippen LogP contribution is 2.37. The molecule has 1 N–H and O–H groups in total. The van der Waals surface area contributed by atoms with Gasteiger partial charge in [0.1, 0.15) is 5.82 Å². The van der Waals surface area contributed by atoms with E-state index in [4.69, 9.17) is 0 Å². The molecule has 0 spiro atoms. The number of nitrogens with one attached hydrogen (secondary N) is 1. The minimum absolute atomic E-state index is 0.0211. The third-order valence-electron chi connectivity index (χ3n) is 5.42. The maximum atomic E-state index is 13.1. The summed E-state index contributed by atoms with van der Waals surface area (Å²) in [6, 6.07) is 6.27. The number of nitrogens with zero attached hydrogens (tertiary/aromatic N) is 1. The van der Waals surface area contributed by atoms with Crippen LogP contribution in [-0.2, 0) is 21.2 Å². The number of fused-ring (bicyclic) bond motifs is 1. The van der Waals surface area contributed by atoms with Crippen LogP contribution >= 0.6 is 0 Å². The van der Waals surface area contributed by atoms with E-state index in [0.717, 1.165) is 5.56 Å². The summed E-state index contributed by atoms with van der Waals surface area (Å²) in [7, 11) is -3.17. The fourth-order valence-corrected chi connectivity index (χ4v) is 6.17. The minimum atomic E-state index is -3.17. The molecule has 3 atom stereocenters. The molecule has 144 valence electrons. The molecule has 0 aliphatic carbocycles. The van der Waals surface area contributed by atoms with Crippen molar-refractivity contribution in [1.29, 1.82) is 0 Å². The van der Waals surface area contributed by atoms with Crippen LogP contribution in [0.15, 0.2) is 24.3 Å². The number of sulfone groups is 1. The number of carbonyl (C=O) groups excluding carboxylic acids is 1. The second-order valence-corrected chi connectivity index (χ2v) is 10.3. The Hall–Kier alpha value is -1.47. The maximum Gasteiger partial charge on any atom is 0.223 e. The van der Waals surface area contributed by atoms with E-state index in [-0.39, 0.29) is 29.3 Å². The Kier molecular flexibility index (Phi) is 5.67. The quantitative estimate of drug-likeness (QED) is 0.844. The first-order valence-electron chi connectivity index (χ1n) is 9.22. The van der Waals surface area contributed by atoms with Crippen molar-refractivity contribution < 1.29 is 17.6 Å². The largest absolute Gasteiger partial charge is 0.356 e. The lowest BCUT2D eigenvalue weighted by molar-refractivity contribution is -0.126. The van der Waals surface area contributed by atoms with Crippen LogP contribution in [0.1, 0.15) is 25.8 Å². The van der Waals surface area contributed by atoms with Crippen LogP contribution in [0.4, 0.5) is 4.39 Å². The molecule has 2 fully saturated rings. The smallest absolute Gasteiger partial charge is 0.223 e. The van der Waals surface area contributed by atoms with E-state index in [1.54, 1.807) is 12.1 Å². The van der Waals surface area contributed by atoms with Crippen molar-refractivity contribution in [3.8, 4) is 0 Å². The van der Waals surface area contributed by atoms with Crippen LogP contribution in [-0.4, -0.2) is 49.9 Å². The highest BCUT2D eigenvalue weighted by molar-refractivity contribution is 7.92. The summed E-state index contributed by atoms with van der Waals surface area (Å²) in [5.41, 5.74) is 0.947. The molecule has 2 heterocycles. The third-order valence-corrected chi connectivity index (χ3v) is 7.64. The van der Waals surface area contributed by atoms with Crippen molar-refractivity contribution in [2.24, 2.45) is 17.8 Å². The molecule has 1 aromatic carbocycles. The average Bonchev–Trinajstić information content (AvgIpc) is 3.00.